The average Bonchev–Trinajstić information content (AvgIpc) is 2.78. The number of carbonyl (C=O) groups is 1. The molecule has 4 aliphatic carbocycles. The smallest absolute Gasteiger partial charge is 0.141 e. The topological polar surface area (TPSA) is 77.8 Å². The lowest BCUT2D eigenvalue weighted by Crippen LogP contribution is -2.60. The van der Waals surface area contributed by atoms with E-state index in [1.807, 2.05) is 6.92 Å². The minimum atomic E-state index is -0.900. The number of hydrogen-bond donors (Lipinski definition) is 3. The van der Waals surface area contributed by atoms with Crippen LogP contribution >= 0.6 is 0 Å². The Morgan fingerprint density at radius 3 is 2.46 bits per heavy atom. The van der Waals surface area contributed by atoms with Crippen LogP contribution in [0.4, 0.5) is 0 Å². The molecule has 4 fully saturated rings. The summed E-state index contributed by atoms with van der Waals surface area (Å²) < 4.78 is 0. The van der Waals surface area contributed by atoms with Gasteiger partial charge in [-0.1, -0.05) is 13.8 Å². The highest BCUT2D eigenvalue weighted by Gasteiger charge is 2.68. The van der Waals surface area contributed by atoms with Crippen LogP contribution < -0.4 is 0 Å². The maximum atomic E-state index is 12.6. The fourth-order valence-corrected chi connectivity index (χ4v) is 7.86. The fraction of sp³-hybridized carbons (Fsp3) is 0.950. The molecule has 0 saturated heterocycles. The number of ketones is 1. The summed E-state index contributed by atoms with van der Waals surface area (Å²) in [7, 11) is 0. The highest BCUT2D eigenvalue weighted by molar-refractivity contribution is 5.86. The molecule has 0 amide bonds. The Kier molecular flexibility index (Phi) is 3.57. The molecule has 2 unspecified atom stereocenters. The van der Waals surface area contributed by atoms with Crippen molar-refractivity contribution in [1.29, 1.82) is 0 Å². The van der Waals surface area contributed by atoms with Crippen molar-refractivity contribution in [2.75, 3.05) is 13.2 Å². The van der Waals surface area contributed by atoms with Gasteiger partial charge in [0.1, 0.15) is 5.78 Å². The predicted molar refractivity (Wildman–Crippen MR) is 90.2 cm³/mol. The molecular formula is C20H32O4. The largest absolute Gasteiger partial charge is 0.395 e. The summed E-state index contributed by atoms with van der Waals surface area (Å²) in [5, 5.41) is 30.7. The molecule has 0 radical (unpaired) electrons. The summed E-state index contributed by atoms with van der Waals surface area (Å²) in [6, 6.07) is 0. The highest BCUT2D eigenvalue weighted by Crippen LogP contribution is 2.72. The summed E-state index contributed by atoms with van der Waals surface area (Å²) in [4.78, 5) is 12.6. The lowest BCUT2D eigenvalue weighted by atomic mass is 9.41. The SMILES string of the molecule is C[C@]12CCC(=O)[C@@](C)(CO)[C@@H]1CCC13CC(CC[C@@H]12)[C@@](O)(CO)C3. The van der Waals surface area contributed by atoms with E-state index in [2.05, 4.69) is 6.92 Å². The lowest BCUT2D eigenvalue weighted by molar-refractivity contribution is -0.174. The first-order chi connectivity index (χ1) is 11.2. The summed E-state index contributed by atoms with van der Waals surface area (Å²) in [6.07, 6.45) is 7.30. The zero-order valence-corrected chi connectivity index (χ0v) is 15.1. The van der Waals surface area contributed by atoms with Gasteiger partial charge in [-0.15, -0.1) is 0 Å². The Labute approximate surface area is 144 Å². The van der Waals surface area contributed by atoms with Crippen LogP contribution in [-0.2, 0) is 4.79 Å². The monoisotopic (exact) mass is 336 g/mol. The third-order valence-corrected chi connectivity index (χ3v) is 9.04. The van der Waals surface area contributed by atoms with Gasteiger partial charge < -0.3 is 15.3 Å². The molecule has 3 N–H and O–H groups in total. The Hall–Kier alpha value is -0.450. The summed E-state index contributed by atoms with van der Waals surface area (Å²) >= 11 is 0. The van der Waals surface area contributed by atoms with Crippen molar-refractivity contribution in [3.8, 4) is 0 Å². The normalized spacial score (nSPS) is 56.7. The van der Waals surface area contributed by atoms with Crippen LogP contribution in [0.1, 0.15) is 65.2 Å². The van der Waals surface area contributed by atoms with Crippen LogP contribution in [0.3, 0.4) is 0 Å². The van der Waals surface area contributed by atoms with Crippen LogP contribution in [0, 0.1) is 34.0 Å². The Morgan fingerprint density at radius 2 is 1.79 bits per heavy atom. The lowest BCUT2D eigenvalue weighted by Gasteiger charge is -2.63. The zero-order valence-electron chi connectivity index (χ0n) is 15.1. The zero-order chi connectivity index (χ0) is 17.4. The average molecular weight is 336 g/mol. The first-order valence-electron chi connectivity index (χ1n) is 9.71. The van der Waals surface area contributed by atoms with E-state index < -0.39 is 11.0 Å². The van der Waals surface area contributed by atoms with E-state index in [4.69, 9.17) is 0 Å². The van der Waals surface area contributed by atoms with E-state index in [0.717, 1.165) is 44.9 Å². The Morgan fingerprint density at radius 1 is 1.04 bits per heavy atom. The van der Waals surface area contributed by atoms with Crippen molar-refractivity contribution in [2.45, 2.75) is 70.8 Å². The van der Waals surface area contributed by atoms with Gasteiger partial charge in [0.25, 0.3) is 0 Å². The van der Waals surface area contributed by atoms with Crippen LogP contribution in [0.15, 0.2) is 0 Å². The number of Topliss-reactive ketones (excluding diaryl/α,β-unsaturated/α-hetero) is 1. The van der Waals surface area contributed by atoms with E-state index in [1.54, 1.807) is 0 Å². The van der Waals surface area contributed by atoms with E-state index in [9.17, 15) is 20.1 Å². The quantitative estimate of drug-likeness (QED) is 0.723. The first-order valence-corrected chi connectivity index (χ1v) is 9.71. The molecule has 7 atom stereocenters. The molecular weight excluding hydrogens is 304 g/mol. The molecule has 4 heteroatoms. The van der Waals surface area contributed by atoms with Crippen molar-refractivity contribution >= 4 is 5.78 Å². The molecule has 1 spiro atoms. The number of fused-ring (bicyclic) bond motifs is 3. The Bertz CT molecular complexity index is 562. The molecule has 0 aromatic heterocycles. The second-order valence-electron chi connectivity index (χ2n) is 9.93. The summed E-state index contributed by atoms with van der Waals surface area (Å²) in [5.74, 6) is 1.20. The van der Waals surface area contributed by atoms with Gasteiger partial charge in [-0.25, -0.2) is 0 Å². The fourth-order valence-electron chi connectivity index (χ4n) is 7.86. The van der Waals surface area contributed by atoms with Crippen LogP contribution in [0.25, 0.3) is 0 Å². The molecule has 0 aromatic carbocycles. The van der Waals surface area contributed by atoms with Gasteiger partial charge in [0.15, 0.2) is 0 Å². The first kappa shape index (κ1) is 17.0. The highest BCUT2D eigenvalue weighted by atomic mass is 16.3. The van der Waals surface area contributed by atoms with E-state index in [1.165, 1.54) is 0 Å². The minimum Gasteiger partial charge on any atom is -0.395 e. The van der Waals surface area contributed by atoms with Crippen LogP contribution in [0.2, 0.25) is 0 Å². The van der Waals surface area contributed by atoms with Gasteiger partial charge in [-0.05, 0) is 73.5 Å². The number of rotatable bonds is 2. The van der Waals surface area contributed by atoms with Gasteiger partial charge in [0.05, 0.1) is 24.2 Å². The second kappa shape index (κ2) is 5.05. The number of aliphatic hydroxyl groups is 3. The minimum absolute atomic E-state index is 0.0466. The molecule has 4 saturated carbocycles. The molecule has 0 aliphatic heterocycles. The second-order valence-corrected chi connectivity index (χ2v) is 9.93. The summed E-state index contributed by atoms with van der Waals surface area (Å²) in [6.45, 7) is 4.15. The predicted octanol–water partition coefficient (Wildman–Crippen LogP) is 2.29. The van der Waals surface area contributed by atoms with E-state index in [-0.39, 0.29) is 41.7 Å². The Balaban J connectivity index is 1.73. The van der Waals surface area contributed by atoms with Crippen molar-refractivity contribution in [1.82, 2.24) is 0 Å². The van der Waals surface area contributed by atoms with Gasteiger partial charge in [0, 0.05) is 6.42 Å². The van der Waals surface area contributed by atoms with Crippen LogP contribution in [0.5, 0.6) is 0 Å². The molecule has 4 aliphatic rings. The van der Waals surface area contributed by atoms with Crippen LogP contribution in [-0.4, -0.2) is 39.9 Å². The van der Waals surface area contributed by atoms with Gasteiger partial charge >= 0.3 is 0 Å². The maximum Gasteiger partial charge on any atom is 0.141 e. The van der Waals surface area contributed by atoms with Gasteiger partial charge in [-0.2, -0.15) is 0 Å². The molecule has 4 rings (SSSR count). The van der Waals surface area contributed by atoms with Gasteiger partial charge in [0.2, 0.25) is 0 Å². The third kappa shape index (κ3) is 1.88. The maximum absolute atomic E-state index is 12.6. The van der Waals surface area contributed by atoms with Crippen molar-refractivity contribution in [2.24, 2.45) is 34.0 Å². The molecule has 24 heavy (non-hydrogen) atoms. The number of carbonyl (C=O) groups excluding carboxylic acids is 1. The van der Waals surface area contributed by atoms with Crippen molar-refractivity contribution < 1.29 is 20.1 Å². The molecule has 4 nitrogen and oxygen atoms in total. The molecule has 2 bridgehead atoms. The molecule has 0 aromatic rings. The van der Waals surface area contributed by atoms with Crippen molar-refractivity contribution in [3.63, 3.8) is 0 Å². The molecule has 0 heterocycles. The number of aliphatic hydroxyl groups excluding tert-OH is 2. The van der Waals surface area contributed by atoms with E-state index in [0.29, 0.717) is 12.3 Å². The van der Waals surface area contributed by atoms with Gasteiger partial charge in [-0.3, -0.25) is 4.79 Å². The van der Waals surface area contributed by atoms with E-state index >= 15 is 0 Å². The number of hydrogen-bond acceptors (Lipinski definition) is 4. The summed E-state index contributed by atoms with van der Waals surface area (Å²) in [5.41, 5.74) is -1.31. The van der Waals surface area contributed by atoms with Crippen molar-refractivity contribution in [3.05, 3.63) is 0 Å². The standard InChI is InChI=1S/C20H32O4/c1-17-7-6-16(23)18(2,11-21)14(17)5-8-19-9-13(3-4-15(17)19)20(24,10-19)12-22/h13-15,21-22,24H,3-12H2,1-2H3/t13?,14-,15-,17+,18+,19?,20+/m1/s1. The molecule has 136 valence electrons. The third-order valence-electron chi connectivity index (χ3n) is 9.04.